The van der Waals surface area contributed by atoms with Crippen LogP contribution in [-0.2, 0) is 16.2 Å². The SMILES string of the molecule is CCCCC(CC)Cn1c2ccc(C(=O)C(NOC(C)=O)c3cccs3)cc2c2cc(C(=O)c3c(C)cc(C)cc3C)c3ccccc3c21. The van der Waals surface area contributed by atoms with E-state index in [0.29, 0.717) is 17.0 Å². The summed E-state index contributed by atoms with van der Waals surface area (Å²) in [6.07, 6.45) is 4.51. The van der Waals surface area contributed by atoms with Crippen LogP contribution in [0.4, 0.5) is 0 Å². The lowest BCUT2D eigenvalue weighted by atomic mass is 9.89. The minimum Gasteiger partial charge on any atom is -0.370 e. The monoisotopic (exact) mass is 672 g/mol. The summed E-state index contributed by atoms with van der Waals surface area (Å²) < 4.78 is 2.41. The highest BCUT2D eigenvalue weighted by Crippen LogP contribution is 2.39. The van der Waals surface area contributed by atoms with Gasteiger partial charge in [0.05, 0.1) is 5.52 Å². The summed E-state index contributed by atoms with van der Waals surface area (Å²) in [5, 5.41) is 5.70. The van der Waals surface area contributed by atoms with E-state index >= 15 is 0 Å². The second-order valence-electron chi connectivity index (χ2n) is 13.3. The molecular weight excluding hydrogens is 629 g/mol. The van der Waals surface area contributed by atoms with E-state index in [1.54, 1.807) is 0 Å². The minimum atomic E-state index is -0.848. The van der Waals surface area contributed by atoms with E-state index in [1.807, 2.05) is 67.8 Å². The molecular formula is C42H44N2O4S. The summed E-state index contributed by atoms with van der Waals surface area (Å²) in [6.45, 7) is 12.7. The topological polar surface area (TPSA) is 77.4 Å². The molecule has 0 saturated carbocycles. The largest absolute Gasteiger partial charge is 0.370 e. The lowest BCUT2D eigenvalue weighted by molar-refractivity contribution is -0.149. The van der Waals surface area contributed by atoms with Crippen molar-refractivity contribution in [1.29, 1.82) is 0 Å². The lowest BCUT2D eigenvalue weighted by Crippen LogP contribution is -2.29. The molecule has 4 aromatic carbocycles. The number of rotatable bonds is 13. The van der Waals surface area contributed by atoms with Crippen molar-refractivity contribution in [1.82, 2.24) is 10.0 Å². The zero-order valence-corrected chi connectivity index (χ0v) is 30.0. The number of fused-ring (bicyclic) bond motifs is 5. The number of hydroxylamine groups is 1. The van der Waals surface area contributed by atoms with Crippen LogP contribution in [0, 0.1) is 26.7 Å². The number of unbranched alkanes of at least 4 members (excludes halogenated alkanes) is 1. The van der Waals surface area contributed by atoms with Crippen LogP contribution in [0.1, 0.15) is 100 Å². The summed E-state index contributed by atoms with van der Waals surface area (Å²) >= 11 is 1.42. The normalized spacial score (nSPS) is 12.9. The molecule has 6 nitrogen and oxygen atoms in total. The number of carbonyl (C=O) groups is 3. The highest BCUT2D eigenvalue weighted by atomic mass is 32.1. The first-order valence-corrected chi connectivity index (χ1v) is 18.1. The van der Waals surface area contributed by atoms with Gasteiger partial charge in [-0.1, -0.05) is 81.1 Å². The summed E-state index contributed by atoms with van der Waals surface area (Å²) in [5.74, 6) is -0.249. The number of hydrogen-bond donors (Lipinski definition) is 1. The fourth-order valence-corrected chi connectivity index (χ4v) is 8.11. The highest BCUT2D eigenvalue weighted by molar-refractivity contribution is 7.10. The van der Waals surface area contributed by atoms with Crippen LogP contribution >= 0.6 is 11.3 Å². The predicted octanol–water partition coefficient (Wildman–Crippen LogP) is 10.4. The molecule has 2 heterocycles. The molecule has 0 fully saturated rings. The third-order valence-corrected chi connectivity index (χ3v) is 10.6. The maximum atomic E-state index is 14.6. The van der Waals surface area contributed by atoms with Gasteiger partial charge in [0.1, 0.15) is 6.04 Å². The molecule has 7 heteroatoms. The van der Waals surface area contributed by atoms with Gasteiger partial charge in [0.2, 0.25) is 0 Å². The number of carbonyl (C=O) groups excluding carboxylic acids is 3. The Kier molecular flexibility index (Phi) is 10.1. The Hall–Kier alpha value is -4.59. The van der Waals surface area contributed by atoms with Crippen LogP contribution < -0.4 is 5.48 Å². The van der Waals surface area contributed by atoms with E-state index < -0.39 is 12.0 Å². The molecule has 0 aliphatic carbocycles. The van der Waals surface area contributed by atoms with Gasteiger partial charge >= 0.3 is 5.97 Å². The molecule has 2 unspecified atom stereocenters. The zero-order chi connectivity index (χ0) is 34.8. The second kappa shape index (κ2) is 14.5. The quantitative estimate of drug-likeness (QED) is 0.0976. The summed E-state index contributed by atoms with van der Waals surface area (Å²) in [6, 6.07) is 23.1. The Morgan fingerprint density at radius 2 is 1.59 bits per heavy atom. The van der Waals surface area contributed by atoms with Gasteiger partial charge in [-0.05, 0) is 85.3 Å². The molecule has 1 N–H and O–H groups in total. The molecule has 0 aliphatic heterocycles. The van der Waals surface area contributed by atoms with Crippen LogP contribution in [0.15, 0.2) is 78.2 Å². The number of thiophene rings is 1. The molecule has 0 bridgehead atoms. The van der Waals surface area contributed by atoms with E-state index in [1.165, 1.54) is 24.7 Å². The van der Waals surface area contributed by atoms with Crippen LogP contribution in [0.25, 0.3) is 32.6 Å². The first-order chi connectivity index (χ1) is 23.6. The first-order valence-electron chi connectivity index (χ1n) is 17.2. The number of hydrogen-bond acceptors (Lipinski definition) is 6. The molecule has 2 aromatic heterocycles. The zero-order valence-electron chi connectivity index (χ0n) is 29.2. The summed E-state index contributed by atoms with van der Waals surface area (Å²) in [7, 11) is 0. The second-order valence-corrected chi connectivity index (χ2v) is 14.2. The fourth-order valence-electron chi connectivity index (χ4n) is 7.35. The van der Waals surface area contributed by atoms with Gasteiger partial charge < -0.3 is 9.40 Å². The van der Waals surface area contributed by atoms with E-state index in [9.17, 15) is 14.4 Å². The number of benzene rings is 4. The molecule has 49 heavy (non-hydrogen) atoms. The van der Waals surface area contributed by atoms with Gasteiger partial charge in [-0.2, -0.15) is 0 Å². The van der Waals surface area contributed by atoms with Crippen LogP contribution in [0.3, 0.4) is 0 Å². The van der Waals surface area contributed by atoms with Gasteiger partial charge in [0.15, 0.2) is 11.6 Å². The minimum absolute atomic E-state index is 0.000970. The average Bonchev–Trinajstić information content (AvgIpc) is 3.72. The van der Waals surface area contributed by atoms with Gasteiger partial charge in [-0.25, -0.2) is 0 Å². The number of ketones is 2. The number of aryl methyl sites for hydroxylation is 3. The van der Waals surface area contributed by atoms with Gasteiger partial charge in [-0.15, -0.1) is 16.8 Å². The van der Waals surface area contributed by atoms with Crippen LogP contribution in [-0.4, -0.2) is 22.1 Å². The van der Waals surface area contributed by atoms with E-state index in [4.69, 9.17) is 4.84 Å². The first kappa shape index (κ1) is 34.3. The van der Waals surface area contributed by atoms with Crippen molar-refractivity contribution < 1.29 is 19.2 Å². The molecule has 252 valence electrons. The third-order valence-electron chi connectivity index (χ3n) is 9.69. The van der Waals surface area contributed by atoms with E-state index in [2.05, 4.69) is 55.1 Å². The Bertz CT molecular complexity index is 2170. The van der Waals surface area contributed by atoms with Crippen molar-refractivity contribution in [2.45, 2.75) is 79.8 Å². The molecule has 2 atom stereocenters. The van der Waals surface area contributed by atoms with Gasteiger partial charge in [0.25, 0.3) is 0 Å². The summed E-state index contributed by atoms with van der Waals surface area (Å²) in [4.78, 5) is 46.3. The van der Waals surface area contributed by atoms with Crippen molar-refractivity contribution in [3.05, 3.63) is 116 Å². The maximum Gasteiger partial charge on any atom is 0.321 e. The van der Waals surface area contributed by atoms with Crippen molar-refractivity contribution in [3.63, 3.8) is 0 Å². The van der Waals surface area contributed by atoms with Crippen LogP contribution in [0.2, 0.25) is 0 Å². The Labute approximate surface area is 292 Å². The van der Waals surface area contributed by atoms with Crippen molar-refractivity contribution in [3.8, 4) is 0 Å². The smallest absolute Gasteiger partial charge is 0.321 e. The molecule has 0 radical (unpaired) electrons. The average molecular weight is 673 g/mol. The Morgan fingerprint density at radius 1 is 0.857 bits per heavy atom. The molecule has 0 saturated heterocycles. The Balaban J connectivity index is 1.61. The van der Waals surface area contributed by atoms with Crippen molar-refractivity contribution >= 4 is 61.5 Å². The lowest BCUT2D eigenvalue weighted by Gasteiger charge is -2.19. The molecule has 6 rings (SSSR count). The summed E-state index contributed by atoms with van der Waals surface area (Å²) in [5.41, 5.74) is 9.74. The number of nitrogens with one attached hydrogen (secondary N) is 1. The van der Waals surface area contributed by atoms with Gasteiger partial charge in [-0.3, -0.25) is 14.4 Å². The number of aromatic nitrogens is 1. The molecule has 0 aliphatic rings. The number of nitrogens with zero attached hydrogens (tertiary/aromatic N) is 1. The maximum absolute atomic E-state index is 14.6. The predicted molar refractivity (Wildman–Crippen MR) is 201 cm³/mol. The molecule has 6 aromatic rings. The van der Waals surface area contributed by atoms with E-state index in [-0.39, 0.29) is 11.6 Å². The Morgan fingerprint density at radius 3 is 2.24 bits per heavy atom. The van der Waals surface area contributed by atoms with E-state index in [0.717, 1.165) is 85.5 Å². The molecule has 0 amide bonds. The van der Waals surface area contributed by atoms with Crippen LogP contribution in [0.5, 0.6) is 0 Å². The highest BCUT2D eigenvalue weighted by Gasteiger charge is 2.27. The van der Waals surface area contributed by atoms with Crippen molar-refractivity contribution in [2.24, 2.45) is 5.92 Å². The van der Waals surface area contributed by atoms with Gasteiger partial charge in [0, 0.05) is 56.7 Å². The molecule has 0 spiro atoms. The fraction of sp³-hybridized carbons (Fsp3) is 0.310. The third kappa shape index (κ3) is 6.70. The standard InChI is InChI=1S/C42H44N2O4S/c1-7-9-13-29(8-2)24-44-36-18-17-30(41(46)39(43-48-28(6)45)37-16-12-19-49-37)22-33(36)34-23-35(31-14-10-11-15-32(31)40(34)44)42(47)38-26(4)20-25(3)21-27(38)5/h10-12,14-23,29,39,43H,7-9,13,24H2,1-6H3. The number of Topliss-reactive ketones (excluding diaryl/α,β-unsaturated/α-hetero) is 1. The van der Waals surface area contributed by atoms with Crippen molar-refractivity contribution in [2.75, 3.05) is 0 Å².